The first kappa shape index (κ1) is 19.1. The summed E-state index contributed by atoms with van der Waals surface area (Å²) in [7, 11) is -3.71. The Morgan fingerprint density at radius 2 is 1.89 bits per heavy atom. The molecule has 2 aromatic carbocycles. The molecule has 27 heavy (non-hydrogen) atoms. The summed E-state index contributed by atoms with van der Waals surface area (Å²) in [5.74, 6) is -1.45. The lowest BCUT2D eigenvalue weighted by molar-refractivity contribution is -0.116. The molecular formula is C18H15ClN2O5S. The first-order valence-electron chi connectivity index (χ1n) is 7.97. The molecule has 140 valence electrons. The number of carbonyl (C=O) groups is 3. The molecule has 1 N–H and O–H groups in total. The number of rotatable bonds is 4. The topological polar surface area (TPSA) is 101 Å². The number of hydrogen-bond acceptors (Lipinski definition) is 5. The average molecular weight is 407 g/mol. The maximum absolute atomic E-state index is 12.5. The highest BCUT2D eigenvalue weighted by Crippen LogP contribution is 2.29. The highest BCUT2D eigenvalue weighted by molar-refractivity contribution is 7.94. The molecule has 0 atom stereocenters. The zero-order valence-electron chi connectivity index (χ0n) is 14.2. The van der Waals surface area contributed by atoms with E-state index in [1.165, 1.54) is 31.2 Å². The number of halogens is 1. The number of anilines is 2. The molecule has 3 rings (SSSR count). The van der Waals surface area contributed by atoms with Crippen molar-refractivity contribution in [2.45, 2.75) is 13.3 Å². The van der Waals surface area contributed by atoms with Gasteiger partial charge in [0.25, 0.3) is 5.91 Å². The van der Waals surface area contributed by atoms with E-state index < -0.39 is 21.8 Å². The number of sulfonamides is 1. The molecule has 1 aliphatic heterocycles. The quantitative estimate of drug-likeness (QED) is 0.787. The predicted octanol–water partition coefficient (Wildman–Crippen LogP) is 2.86. The summed E-state index contributed by atoms with van der Waals surface area (Å²) in [4.78, 5) is 35.7. The number of amides is 2. The second-order valence-corrected chi connectivity index (χ2v) is 8.32. The summed E-state index contributed by atoms with van der Waals surface area (Å²) >= 11 is 6.14. The lowest BCUT2D eigenvalue weighted by Crippen LogP contribution is -2.29. The van der Waals surface area contributed by atoms with Crippen LogP contribution in [-0.2, 0) is 14.8 Å². The van der Waals surface area contributed by atoms with E-state index in [0.29, 0.717) is 15.6 Å². The molecule has 1 heterocycles. The molecule has 0 aliphatic carbocycles. The van der Waals surface area contributed by atoms with Crippen molar-refractivity contribution >= 4 is 50.6 Å². The third-order valence-corrected chi connectivity index (χ3v) is 6.04. The molecule has 1 aliphatic rings. The fourth-order valence-electron chi connectivity index (χ4n) is 2.70. The van der Waals surface area contributed by atoms with Crippen LogP contribution in [0.5, 0.6) is 0 Å². The maximum atomic E-state index is 12.5. The molecule has 0 radical (unpaired) electrons. The molecule has 2 aromatic rings. The Kier molecular flexibility index (Phi) is 5.03. The molecule has 0 spiro atoms. The van der Waals surface area contributed by atoms with Gasteiger partial charge in [-0.3, -0.25) is 14.4 Å². The molecule has 2 amide bonds. The van der Waals surface area contributed by atoms with Crippen molar-refractivity contribution in [2.24, 2.45) is 0 Å². The van der Waals surface area contributed by atoms with Gasteiger partial charge in [-0.05, 0) is 37.3 Å². The van der Waals surface area contributed by atoms with Gasteiger partial charge in [-0.2, -0.15) is 0 Å². The van der Waals surface area contributed by atoms with E-state index in [-0.39, 0.29) is 34.2 Å². The van der Waals surface area contributed by atoms with Gasteiger partial charge in [0.2, 0.25) is 15.9 Å². The monoisotopic (exact) mass is 406 g/mol. The Morgan fingerprint density at radius 1 is 1.15 bits per heavy atom. The van der Waals surface area contributed by atoms with Gasteiger partial charge >= 0.3 is 0 Å². The molecule has 1 saturated heterocycles. The van der Waals surface area contributed by atoms with E-state index in [2.05, 4.69) is 5.32 Å². The van der Waals surface area contributed by atoms with Crippen LogP contribution >= 0.6 is 11.6 Å². The van der Waals surface area contributed by atoms with E-state index in [0.717, 1.165) is 0 Å². The van der Waals surface area contributed by atoms with E-state index in [1.54, 1.807) is 18.2 Å². The predicted molar refractivity (Wildman–Crippen MR) is 102 cm³/mol. The number of Topliss-reactive ketones (excluding diaryl/α,β-unsaturated/α-hetero) is 1. The van der Waals surface area contributed by atoms with Crippen molar-refractivity contribution in [3.63, 3.8) is 0 Å². The van der Waals surface area contributed by atoms with Crippen molar-refractivity contribution in [2.75, 3.05) is 15.4 Å². The highest BCUT2D eigenvalue weighted by atomic mass is 35.5. The van der Waals surface area contributed by atoms with Crippen LogP contribution in [0.3, 0.4) is 0 Å². The summed E-state index contributed by atoms with van der Waals surface area (Å²) in [5.41, 5.74) is 1.08. The third kappa shape index (κ3) is 3.86. The Bertz CT molecular complexity index is 1070. The third-order valence-electron chi connectivity index (χ3n) is 4.04. The number of carbonyl (C=O) groups excluding carboxylic acids is 3. The second-order valence-electron chi connectivity index (χ2n) is 5.98. The average Bonchev–Trinajstić information content (AvgIpc) is 2.87. The first-order valence-corrected chi connectivity index (χ1v) is 9.95. The van der Waals surface area contributed by atoms with Crippen LogP contribution in [-0.4, -0.2) is 31.8 Å². The van der Waals surface area contributed by atoms with Crippen LogP contribution in [0.2, 0.25) is 5.02 Å². The van der Waals surface area contributed by atoms with Crippen LogP contribution in [0.1, 0.15) is 34.1 Å². The Hall–Kier alpha value is -2.71. The number of ketones is 1. The molecule has 7 nitrogen and oxygen atoms in total. The van der Waals surface area contributed by atoms with Crippen molar-refractivity contribution in [1.82, 2.24) is 0 Å². The standard InChI is InChI=1S/C18H15ClN2O5S/c1-11(22)12-3-2-4-13(9-12)20-18(24)15-6-5-14(10-16(15)19)21-17(23)7-8-27(21,25)26/h2-6,9-10H,7-8H2,1H3,(H,20,24). The van der Waals surface area contributed by atoms with Gasteiger partial charge in [0.05, 0.1) is 22.0 Å². The number of nitrogens with zero attached hydrogens (tertiary/aromatic N) is 1. The van der Waals surface area contributed by atoms with E-state index in [9.17, 15) is 22.8 Å². The van der Waals surface area contributed by atoms with E-state index in [4.69, 9.17) is 11.6 Å². The van der Waals surface area contributed by atoms with Gasteiger partial charge < -0.3 is 5.32 Å². The minimum absolute atomic E-state index is 0.00243. The zero-order chi connectivity index (χ0) is 19.8. The SMILES string of the molecule is CC(=O)c1cccc(NC(=O)c2ccc(N3C(=O)CCS3(=O)=O)cc2Cl)c1. The summed E-state index contributed by atoms with van der Waals surface area (Å²) in [6.07, 6.45) is -0.0886. The van der Waals surface area contributed by atoms with Crippen LogP contribution in [0.15, 0.2) is 42.5 Å². The molecule has 0 unspecified atom stereocenters. The number of nitrogens with one attached hydrogen (secondary N) is 1. The van der Waals surface area contributed by atoms with Crippen molar-refractivity contribution in [3.05, 3.63) is 58.6 Å². The number of hydrogen-bond donors (Lipinski definition) is 1. The Balaban J connectivity index is 1.86. The van der Waals surface area contributed by atoms with Gasteiger partial charge in [-0.15, -0.1) is 0 Å². The maximum Gasteiger partial charge on any atom is 0.257 e. The fourth-order valence-corrected chi connectivity index (χ4v) is 4.41. The highest BCUT2D eigenvalue weighted by Gasteiger charge is 2.36. The largest absolute Gasteiger partial charge is 0.322 e. The van der Waals surface area contributed by atoms with Crippen LogP contribution in [0.25, 0.3) is 0 Å². The lowest BCUT2D eigenvalue weighted by Gasteiger charge is -2.16. The van der Waals surface area contributed by atoms with Gasteiger partial charge in [0, 0.05) is 17.7 Å². The summed E-state index contributed by atoms with van der Waals surface area (Å²) < 4.78 is 24.7. The fraction of sp³-hybridized carbons (Fsp3) is 0.167. The minimum atomic E-state index is -3.71. The van der Waals surface area contributed by atoms with Crippen LogP contribution in [0.4, 0.5) is 11.4 Å². The molecule has 0 aromatic heterocycles. The van der Waals surface area contributed by atoms with Gasteiger partial charge in [0.15, 0.2) is 5.78 Å². The smallest absolute Gasteiger partial charge is 0.257 e. The van der Waals surface area contributed by atoms with E-state index in [1.807, 2.05) is 0 Å². The molecule has 0 bridgehead atoms. The molecule has 0 saturated carbocycles. The number of benzene rings is 2. The van der Waals surface area contributed by atoms with Crippen molar-refractivity contribution in [3.8, 4) is 0 Å². The Morgan fingerprint density at radius 3 is 2.48 bits per heavy atom. The summed E-state index contributed by atoms with van der Waals surface area (Å²) in [6.45, 7) is 1.42. The molecule has 1 fully saturated rings. The lowest BCUT2D eigenvalue weighted by atomic mass is 10.1. The van der Waals surface area contributed by atoms with Crippen molar-refractivity contribution in [1.29, 1.82) is 0 Å². The second kappa shape index (κ2) is 7.13. The normalized spacial score (nSPS) is 15.6. The zero-order valence-corrected chi connectivity index (χ0v) is 15.8. The van der Waals surface area contributed by atoms with Crippen LogP contribution in [0, 0.1) is 0 Å². The minimum Gasteiger partial charge on any atom is -0.322 e. The van der Waals surface area contributed by atoms with Gasteiger partial charge in [0.1, 0.15) is 0 Å². The first-order chi connectivity index (χ1) is 12.7. The van der Waals surface area contributed by atoms with Crippen LogP contribution < -0.4 is 9.62 Å². The summed E-state index contributed by atoms with van der Waals surface area (Å²) in [6, 6.07) is 10.4. The molecular weight excluding hydrogens is 392 g/mol. The molecule has 9 heteroatoms. The van der Waals surface area contributed by atoms with Gasteiger partial charge in [-0.1, -0.05) is 23.7 Å². The van der Waals surface area contributed by atoms with Crippen molar-refractivity contribution < 1.29 is 22.8 Å². The van der Waals surface area contributed by atoms with Gasteiger partial charge in [-0.25, -0.2) is 12.7 Å². The van der Waals surface area contributed by atoms with E-state index >= 15 is 0 Å². The summed E-state index contributed by atoms with van der Waals surface area (Å²) in [5, 5.41) is 2.64. The Labute approximate surface area is 161 Å².